The Bertz CT molecular complexity index is 1550. The number of ether oxygens (including phenoxy) is 4. The smallest absolute Gasteiger partial charge is 0.338 e. The Morgan fingerprint density at radius 3 is 2.42 bits per heavy atom. The monoisotopic (exact) mass is 695 g/mol. The Labute approximate surface area is 292 Å². The summed E-state index contributed by atoms with van der Waals surface area (Å²) in [5.74, 6) is 0.407. The van der Waals surface area contributed by atoms with Crippen molar-refractivity contribution in [3.05, 3.63) is 107 Å². The van der Waals surface area contributed by atoms with E-state index in [2.05, 4.69) is 28.7 Å². The van der Waals surface area contributed by atoms with Crippen molar-refractivity contribution in [1.82, 2.24) is 15.5 Å². The highest BCUT2D eigenvalue weighted by Gasteiger charge is 2.38. The van der Waals surface area contributed by atoms with Crippen molar-refractivity contribution < 1.29 is 28.5 Å². The summed E-state index contributed by atoms with van der Waals surface area (Å²) in [5, 5.41) is 6.58. The Morgan fingerprint density at radius 2 is 1.77 bits per heavy atom. The van der Waals surface area contributed by atoms with E-state index in [9.17, 15) is 9.59 Å². The zero-order valence-corrected chi connectivity index (χ0v) is 28.9. The highest BCUT2D eigenvalue weighted by atomic mass is 35.5. The van der Waals surface area contributed by atoms with Gasteiger partial charge in [-0.25, -0.2) is 9.59 Å². The second-order valence-corrected chi connectivity index (χ2v) is 13.2. The van der Waals surface area contributed by atoms with Crippen LogP contribution in [0.1, 0.15) is 42.5 Å². The number of carbonyl (C=O) groups excluding carboxylic acids is 2. The summed E-state index contributed by atoms with van der Waals surface area (Å²) >= 11 is 13.2. The van der Waals surface area contributed by atoms with Gasteiger partial charge in [-0.1, -0.05) is 61.2 Å². The molecule has 0 saturated carbocycles. The average molecular weight is 697 g/mol. The van der Waals surface area contributed by atoms with Crippen LogP contribution in [0.4, 0.5) is 0 Å². The van der Waals surface area contributed by atoms with Crippen LogP contribution in [0.15, 0.2) is 95.7 Å². The van der Waals surface area contributed by atoms with E-state index in [0.29, 0.717) is 46.8 Å². The van der Waals surface area contributed by atoms with Crippen LogP contribution in [0.2, 0.25) is 0 Å². The summed E-state index contributed by atoms with van der Waals surface area (Å²) in [6, 6.07) is 13.9. The van der Waals surface area contributed by atoms with Crippen molar-refractivity contribution in [3.8, 4) is 11.5 Å². The lowest BCUT2D eigenvalue weighted by Gasteiger charge is -2.44. The SMILES string of the molecule is C=C(/C=C\C(=C)C(=O)O[C@@H](CC1=C(Cl)CNCC1Cl)c1ccc(OC)c(OC)c1)NC(C(=O)O[C@H]1CN2CCC1CC2)c1ccccc1. The number of methoxy groups -OCH3 is 2. The zero-order chi connectivity index (χ0) is 34.2. The number of nitrogens with one attached hydrogen (secondary N) is 2. The van der Waals surface area contributed by atoms with E-state index < -0.39 is 18.1 Å². The molecule has 4 aliphatic heterocycles. The van der Waals surface area contributed by atoms with Gasteiger partial charge < -0.3 is 29.6 Å². The quantitative estimate of drug-likeness (QED) is 0.107. The van der Waals surface area contributed by atoms with Gasteiger partial charge in [-0.3, -0.25) is 4.90 Å². The number of hydrogen-bond donors (Lipinski definition) is 2. The molecular formula is C37H43Cl2N3O6. The Morgan fingerprint density at radius 1 is 1.04 bits per heavy atom. The van der Waals surface area contributed by atoms with E-state index in [-0.39, 0.29) is 29.4 Å². The number of nitrogens with zero attached hydrogens (tertiary/aromatic N) is 1. The zero-order valence-electron chi connectivity index (χ0n) is 27.4. The Kier molecular flexibility index (Phi) is 12.3. The molecule has 3 fully saturated rings. The lowest BCUT2D eigenvalue weighted by atomic mass is 9.86. The van der Waals surface area contributed by atoms with Crippen molar-refractivity contribution in [2.45, 2.75) is 42.9 Å². The highest BCUT2D eigenvalue weighted by molar-refractivity contribution is 6.32. The topological polar surface area (TPSA) is 98.4 Å². The van der Waals surface area contributed by atoms with Gasteiger partial charge in [-0.05, 0) is 72.8 Å². The molecule has 48 heavy (non-hydrogen) atoms. The number of rotatable bonds is 14. The number of halogens is 2. The van der Waals surface area contributed by atoms with Crippen molar-refractivity contribution in [3.63, 3.8) is 0 Å². The molecule has 0 aromatic heterocycles. The summed E-state index contributed by atoms with van der Waals surface area (Å²) in [4.78, 5) is 29.3. The van der Waals surface area contributed by atoms with Crippen LogP contribution in [0.25, 0.3) is 0 Å². The predicted molar refractivity (Wildman–Crippen MR) is 187 cm³/mol. The molecule has 0 aliphatic carbocycles. The molecule has 4 aliphatic rings. The molecule has 3 saturated heterocycles. The van der Waals surface area contributed by atoms with Crippen LogP contribution in [0, 0.1) is 5.92 Å². The number of hydrogen-bond acceptors (Lipinski definition) is 9. The van der Waals surface area contributed by atoms with Crippen LogP contribution >= 0.6 is 23.2 Å². The number of carbonyl (C=O) groups is 2. The number of esters is 2. The number of allylic oxidation sites excluding steroid dienone is 1. The van der Waals surface area contributed by atoms with Crippen LogP contribution in [-0.2, 0) is 19.1 Å². The molecule has 0 amide bonds. The van der Waals surface area contributed by atoms with Crippen LogP contribution < -0.4 is 20.1 Å². The Balaban J connectivity index is 1.27. The molecule has 0 spiro atoms. The van der Waals surface area contributed by atoms with Gasteiger partial charge in [0.1, 0.15) is 12.2 Å². The second kappa shape index (κ2) is 16.6. The minimum Gasteiger partial charge on any atom is -0.493 e. The maximum Gasteiger partial charge on any atom is 0.338 e. The average Bonchev–Trinajstić information content (AvgIpc) is 3.11. The maximum atomic E-state index is 13.5. The third kappa shape index (κ3) is 8.82. The number of fused-ring (bicyclic) bond motifs is 3. The minimum atomic E-state index is -0.778. The first-order chi connectivity index (χ1) is 23.2. The summed E-state index contributed by atoms with van der Waals surface area (Å²) in [5.41, 5.74) is 2.70. The molecule has 2 bridgehead atoms. The van der Waals surface area contributed by atoms with Crippen molar-refractivity contribution >= 4 is 35.1 Å². The first kappa shape index (κ1) is 35.5. The van der Waals surface area contributed by atoms with Gasteiger partial charge in [-0.15, -0.1) is 11.6 Å². The number of alkyl halides is 1. The largest absolute Gasteiger partial charge is 0.493 e. The van der Waals surface area contributed by atoms with Crippen LogP contribution in [0.5, 0.6) is 11.5 Å². The second-order valence-electron chi connectivity index (χ2n) is 12.2. The normalized spacial score (nSPS) is 23.2. The molecule has 11 heteroatoms. The molecule has 2 unspecified atom stereocenters. The predicted octanol–water partition coefficient (Wildman–Crippen LogP) is 5.98. The number of benzene rings is 2. The van der Waals surface area contributed by atoms with Crippen LogP contribution in [0.3, 0.4) is 0 Å². The third-order valence-electron chi connectivity index (χ3n) is 9.07. The summed E-state index contributed by atoms with van der Waals surface area (Å²) in [7, 11) is 3.09. The lowest BCUT2D eigenvalue weighted by Crippen LogP contribution is -2.52. The molecule has 2 aromatic carbocycles. The molecule has 0 radical (unpaired) electrons. The van der Waals surface area contributed by atoms with E-state index in [0.717, 1.165) is 43.6 Å². The first-order valence-electron chi connectivity index (χ1n) is 16.1. The molecule has 4 atom stereocenters. The van der Waals surface area contributed by atoms with Gasteiger partial charge >= 0.3 is 11.9 Å². The van der Waals surface area contributed by atoms with Crippen LogP contribution in [-0.4, -0.2) is 75.3 Å². The molecule has 4 heterocycles. The fourth-order valence-electron chi connectivity index (χ4n) is 6.33. The van der Waals surface area contributed by atoms with Gasteiger partial charge in [0.05, 0.1) is 25.2 Å². The first-order valence-corrected chi connectivity index (χ1v) is 16.9. The molecule has 2 aromatic rings. The van der Waals surface area contributed by atoms with Crippen molar-refractivity contribution in [1.29, 1.82) is 0 Å². The van der Waals surface area contributed by atoms with Crippen molar-refractivity contribution in [2.75, 3.05) is 46.9 Å². The fourth-order valence-corrected chi connectivity index (χ4v) is 7.02. The van der Waals surface area contributed by atoms with Gasteiger partial charge in [-0.2, -0.15) is 0 Å². The van der Waals surface area contributed by atoms with Gasteiger partial charge in [0.2, 0.25) is 0 Å². The molecular weight excluding hydrogens is 653 g/mol. The van der Waals surface area contributed by atoms with E-state index in [1.807, 2.05) is 30.3 Å². The summed E-state index contributed by atoms with van der Waals surface area (Å²) < 4.78 is 23.0. The van der Waals surface area contributed by atoms with Crippen molar-refractivity contribution in [2.24, 2.45) is 5.92 Å². The molecule has 256 valence electrons. The highest BCUT2D eigenvalue weighted by Crippen LogP contribution is 2.37. The van der Waals surface area contributed by atoms with E-state index in [1.54, 1.807) is 31.4 Å². The molecule has 9 nitrogen and oxygen atoms in total. The Hall–Kier alpha value is -3.76. The summed E-state index contributed by atoms with van der Waals surface area (Å²) in [6.07, 6.45) is 4.58. The van der Waals surface area contributed by atoms with E-state index >= 15 is 0 Å². The molecule has 2 N–H and O–H groups in total. The fraction of sp³-hybridized carbons (Fsp3) is 0.405. The standard InChI is InChI=1S/C37H43Cl2N3O6/c1-23(36(43)47-32(19-28-29(38)20-40-21-30(28)39)27-12-13-31(45-3)33(18-27)46-4)10-11-24(2)41-35(26-8-6-5-7-9-26)37(44)48-34-22-42-16-14-25(34)15-17-42/h5-13,18,25,29,32,34-35,40-41H,1-2,14-17,19-22H2,3-4H3/b11-10-/t29?,32-,34-,35?/m0/s1. The lowest BCUT2D eigenvalue weighted by molar-refractivity contribution is -0.161. The van der Waals surface area contributed by atoms with E-state index in [4.69, 9.17) is 42.1 Å². The summed E-state index contributed by atoms with van der Waals surface area (Å²) in [6.45, 7) is 11.9. The van der Waals surface area contributed by atoms with Gasteiger partial charge in [0.25, 0.3) is 0 Å². The van der Waals surface area contributed by atoms with Gasteiger partial charge in [0.15, 0.2) is 17.5 Å². The van der Waals surface area contributed by atoms with E-state index in [1.165, 1.54) is 13.2 Å². The third-order valence-corrected chi connectivity index (χ3v) is 9.87. The number of piperidine rings is 3. The minimum absolute atomic E-state index is 0.0855. The maximum absolute atomic E-state index is 13.5. The molecule has 6 rings (SSSR count). The van der Waals surface area contributed by atoms with Gasteiger partial charge in [0, 0.05) is 36.8 Å².